The van der Waals surface area contributed by atoms with E-state index in [1.54, 1.807) is 14.2 Å². The second-order valence-electron chi connectivity index (χ2n) is 7.88. The largest absolute Gasteiger partial charge is 0.497 e. The van der Waals surface area contributed by atoms with Crippen molar-refractivity contribution in [2.75, 3.05) is 33.8 Å². The molecule has 1 saturated heterocycles. The first kappa shape index (κ1) is 22.9. The van der Waals surface area contributed by atoms with Crippen LogP contribution in [0.4, 0.5) is 4.39 Å². The standard InChI is InChI=1S/C24H33FN4O2/c1-18(31-23-10-8-22(30-3)9-11-23)16-27-24(26-2)28-21-12-14-29(15-13-21)17-19-4-6-20(25)7-5-19/h4-11,18,21H,12-17H2,1-3H3,(H2,26,27,28). The Balaban J connectivity index is 1.37. The van der Waals surface area contributed by atoms with Crippen LogP contribution in [-0.4, -0.2) is 56.8 Å². The Morgan fingerprint density at radius 2 is 1.74 bits per heavy atom. The van der Waals surface area contributed by atoms with E-state index in [1.807, 2.05) is 43.3 Å². The highest BCUT2D eigenvalue weighted by molar-refractivity contribution is 5.80. The number of piperidine rings is 1. The van der Waals surface area contributed by atoms with Crippen LogP contribution in [0.3, 0.4) is 0 Å². The Hall–Kier alpha value is -2.80. The molecule has 6 nitrogen and oxygen atoms in total. The van der Waals surface area contributed by atoms with Crippen molar-refractivity contribution < 1.29 is 13.9 Å². The molecular weight excluding hydrogens is 395 g/mol. The predicted octanol–water partition coefficient (Wildman–Crippen LogP) is 3.43. The summed E-state index contributed by atoms with van der Waals surface area (Å²) < 4.78 is 24.2. The molecule has 0 saturated carbocycles. The Bertz CT molecular complexity index is 818. The van der Waals surface area contributed by atoms with Gasteiger partial charge in [0.05, 0.1) is 13.7 Å². The number of hydrogen-bond donors (Lipinski definition) is 2. The quantitative estimate of drug-likeness (QED) is 0.498. The first-order valence-electron chi connectivity index (χ1n) is 10.8. The smallest absolute Gasteiger partial charge is 0.191 e. The van der Waals surface area contributed by atoms with Crippen LogP contribution in [0.25, 0.3) is 0 Å². The third kappa shape index (κ3) is 7.43. The number of benzene rings is 2. The van der Waals surface area contributed by atoms with Crippen molar-refractivity contribution in [2.45, 2.75) is 38.5 Å². The van der Waals surface area contributed by atoms with E-state index >= 15 is 0 Å². The van der Waals surface area contributed by atoms with Gasteiger partial charge in [0.25, 0.3) is 0 Å². The Labute approximate surface area is 184 Å². The molecule has 2 aromatic rings. The molecule has 0 spiro atoms. The molecule has 1 aliphatic rings. The molecule has 1 fully saturated rings. The molecule has 1 aliphatic heterocycles. The van der Waals surface area contributed by atoms with Gasteiger partial charge in [-0.25, -0.2) is 4.39 Å². The van der Waals surface area contributed by atoms with Crippen molar-refractivity contribution in [3.63, 3.8) is 0 Å². The van der Waals surface area contributed by atoms with Gasteiger partial charge in [-0.3, -0.25) is 9.89 Å². The maximum absolute atomic E-state index is 13.1. The summed E-state index contributed by atoms with van der Waals surface area (Å²) in [5.74, 6) is 2.23. The van der Waals surface area contributed by atoms with E-state index < -0.39 is 0 Å². The molecule has 168 valence electrons. The van der Waals surface area contributed by atoms with Crippen LogP contribution in [-0.2, 0) is 6.54 Å². The van der Waals surface area contributed by atoms with E-state index in [2.05, 4.69) is 20.5 Å². The van der Waals surface area contributed by atoms with E-state index in [1.165, 1.54) is 12.1 Å². The summed E-state index contributed by atoms with van der Waals surface area (Å²) in [5, 5.41) is 6.88. The molecule has 31 heavy (non-hydrogen) atoms. The minimum Gasteiger partial charge on any atom is -0.497 e. The molecule has 0 aromatic heterocycles. The van der Waals surface area contributed by atoms with Crippen LogP contribution in [0, 0.1) is 5.82 Å². The first-order valence-corrected chi connectivity index (χ1v) is 10.8. The fourth-order valence-corrected chi connectivity index (χ4v) is 3.64. The zero-order valence-corrected chi connectivity index (χ0v) is 18.6. The molecule has 3 rings (SSSR count). The summed E-state index contributed by atoms with van der Waals surface area (Å²) in [5.41, 5.74) is 1.15. The highest BCUT2D eigenvalue weighted by Gasteiger charge is 2.20. The number of halogens is 1. The summed E-state index contributed by atoms with van der Waals surface area (Å²) in [7, 11) is 3.43. The molecule has 7 heteroatoms. The second kappa shape index (κ2) is 11.6. The second-order valence-corrected chi connectivity index (χ2v) is 7.88. The van der Waals surface area contributed by atoms with Gasteiger partial charge in [0.2, 0.25) is 0 Å². The van der Waals surface area contributed by atoms with Gasteiger partial charge >= 0.3 is 0 Å². The molecule has 0 aliphatic carbocycles. The molecule has 1 unspecified atom stereocenters. The van der Waals surface area contributed by atoms with Crippen LogP contribution < -0.4 is 20.1 Å². The molecule has 1 atom stereocenters. The number of ether oxygens (including phenoxy) is 2. The Kier molecular flexibility index (Phi) is 8.53. The average Bonchev–Trinajstić information content (AvgIpc) is 2.80. The van der Waals surface area contributed by atoms with Crippen LogP contribution >= 0.6 is 0 Å². The summed E-state index contributed by atoms with van der Waals surface area (Å²) in [4.78, 5) is 6.76. The molecule has 1 heterocycles. The summed E-state index contributed by atoms with van der Waals surface area (Å²) in [6.07, 6.45) is 2.07. The predicted molar refractivity (Wildman–Crippen MR) is 122 cm³/mol. The maximum atomic E-state index is 13.1. The molecule has 2 aromatic carbocycles. The lowest BCUT2D eigenvalue weighted by molar-refractivity contribution is 0.197. The number of rotatable bonds is 8. The van der Waals surface area contributed by atoms with Crippen molar-refractivity contribution in [3.05, 3.63) is 59.9 Å². The monoisotopic (exact) mass is 428 g/mol. The normalized spacial score (nSPS) is 16.6. The number of aliphatic imine (C=N–C) groups is 1. The van der Waals surface area contributed by atoms with E-state index in [4.69, 9.17) is 9.47 Å². The van der Waals surface area contributed by atoms with Gasteiger partial charge in [-0.05, 0) is 61.7 Å². The fourth-order valence-electron chi connectivity index (χ4n) is 3.64. The van der Waals surface area contributed by atoms with Gasteiger partial charge in [-0.2, -0.15) is 0 Å². The molecule has 0 radical (unpaired) electrons. The van der Waals surface area contributed by atoms with Crippen LogP contribution in [0.15, 0.2) is 53.5 Å². The minimum atomic E-state index is -0.186. The van der Waals surface area contributed by atoms with Gasteiger partial charge in [0, 0.05) is 32.7 Å². The van der Waals surface area contributed by atoms with Crippen molar-refractivity contribution >= 4 is 5.96 Å². The number of nitrogens with zero attached hydrogens (tertiary/aromatic N) is 2. The van der Waals surface area contributed by atoms with E-state index in [9.17, 15) is 4.39 Å². The van der Waals surface area contributed by atoms with Crippen molar-refractivity contribution in [3.8, 4) is 11.5 Å². The molecule has 0 bridgehead atoms. The summed E-state index contributed by atoms with van der Waals surface area (Å²) in [6, 6.07) is 14.7. The lowest BCUT2D eigenvalue weighted by atomic mass is 10.0. The number of methoxy groups -OCH3 is 1. The third-order valence-electron chi connectivity index (χ3n) is 5.43. The van der Waals surface area contributed by atoms with Gasteiger partial charge in [0.15, 0.2) is 5.96 Å². The van der Waals surface area contributed by atoms with Gasteiger partial charge < -0.3 is 20.1 Å². The third-order valence-corrected chi connectivity index (χ3v) is 5.43. The SMILES string of the molecule is CN=C(NCC(C)Oc1ccc(OC)cc1)NC1CCN(Cc2ccc(F)cc2)CC1. The molecular formula is C24H33FN4O2. The lowest BCUT2D eigenvalue weighted by Gasteiger charge is -2.33. The topological polar surface area (TPSA) is 58.1 Å². The highest BCUT2D eigenvalue weighted by Crippen LogP contribution is 2.18. The Morgan fingerprint density at radius 3 is 2.35 bits per heavy atom. The van der Waals surface area contributed by atoms with Crippen LogP contribution in [0.2, 0.25) is 0 Å². The number of nitrogens with one attached hydrogen (secondary N) is 2. The van der Waals surface area contributed by atoms with E-state index in [0.717, 1.165) is 55.5 Å². The van der Waals surface area contributed by atoms with Gasteiger partial charge in [-0.15, -0.1) is 0 Å². The van der Waals surface area contributed by atoms with Crippen molar-refractivity contribution in [1.82, 2.24) is 15.5 Å². The zero-order chi connectivity index (χ0) is 22.1. The number of likely N-dealkylation sites (tertiary alicyclic amines) is 1. The van der Waals surface area contributed by atoms with Gasteiger partial charge in [-0.1, -0.05) is 12.1 Å². The van der Waals surface area contributed by atoms with E-state index in [-0.39, 0.29) is 11.9 Å². The van der Waals surface area contributed by atoms with E-state index in [0.29, 0.717) is 12.6 Å². The van der Waals surface area contributed by atoms with Crippen LogP contribution in [0.1, 0.15) is 25.3 Å². The fraction of sp³-hybridized carbons (Fsp3) is 0.458. The molecule has 0 amide bonds. The lowest BCUT2D eigenvalue weighted by Crippen LogP contribution is -2.49. The summed E-state index contributed by atoms with van der Waals surface area (Å²) >= 11 is 0. The summed E-state index contributed by atoms with van der Waals surface area (Å²) in [6.45, 7) is 5.54. The maximum Gasteiger partial charge on any atom is 0.191 e. The zero-order valence-electron chi connectivity index (χ0n) is 18.6. The average molecular weight is 429 g/mol. The number of hydrogen-bond acceptors (Lipinski definition) is 4. The van der Waals surface area contributed by atoms with Crippen LogP contribution in [0.5, 0.6) is 11.5 Å². The highest BCUT2D eigenvalue weighted by atomic mass is 19.1. The first-order chi connectivity index (χ1) is 15.1. The number of guanidine groups is 1. The Morgan fingerprint density at radius 1 is 1.10 bits per heavy atom. The minimum absolute atomic E-state index is 0.00972. The van der Waals surface area contributed by atoms with Gasteiger partial charge in [0.1, 0.15) is 23.4 Å². The molecule has 2 N–H and O–H groups in total. The van der Waals surface area contributed by atoms with Crippen molar-refractivity contribution in [1.29, 1.82) is 0 Å². The van der Waals surface area contributed by atoms with Crippen molar-refractivity contribution in [2.24, 2.45) is 4.99 Å².